The van der Waals surface area contributed by atoms with Crippen molar-refractivity contribution in [3.63, 3.8) is 0 Å². The molecule has 0 amide bonds. The molecule has 2 N–H and O–H groups in total. The predicted octanol–water partition coefficient (Wildman–Crippen LogP) is 3.48. The average molecular weight is 426 g/mol. The Kier molecular flexibility index (Phi) is 6.44. The molecule has 4 rings (SSSR count). The molecule has 1 fully saturated rings. The Bertz CT molecular complexity index is 1000. The normalized spacial score (nSPS) is 20.5. The molecule has 31 heavy (non-hydrogen) atoms. The highest BCUT2D eigenvalue weighted by molar-refractivity contribution is 6.09. The van der Waals surface area contributed by atoms with Gasteiger partial charge in [0.2, 0.25) is 0 Å². The topological polar surface area (TPSA) is 61.8 Å². The quantitative estimate of drug-likeness (QED) is 0.664. The predicted molar refractivity (Wildman–Crippen MR) is 114 cm³/mol. The summed E-state index contributed by atoms with van der Waals surface area (Å²) in [6, 6.07) is 10.8. The molecule has 7 heteroatoms. The van der Waals surface area contributed by atoms with Gasteiger partial charge in [-0.2, -0.15) is 0 Å². The maximum atomic E-state index is 13.9. The second-order valence-electron chi connectivity index (χ2n) is 7.60. The van der Waals surface area contributed by atoms with Crippen LogP contribution in [0.2, 0.25) is 0 Å². The van der Waals surface area contributed by atoms with E-state index in [1.807, 2.05) is 6.07 Å². The number of benzene rings is 2. The van der Waals surface area contributed by atoms with Gasteiger partial charge in [0.15, 0.2) is 12.0 Å². The Hall–Kier alpha value is -3.03. The molecule has 0 radical (unpaired) electrons. The van der Waals surface area contributed by atoms with E-state index in [2.05, 4.69) is 10.2 Å². The molecule has 1 unspecified atom stereocenters. The van der Waals surface area contributed by atoms with Gasteiger partial charge in [0.25, 0.3) is 0 Å². The van der Waals surface area contributed by atoms with Crippen LogP contribution in [0.25, 0.3) is 0 Å². The van der Waals surface area contributed by atoms with Gasteiger partial charge in [-0.1, -0.05) is 0 Å². The Labute approximate surface area is 179 Å². The van der Waals surface area contributed by atoms with Gasteiger partial charge in [-0.05, 0) is 79.2 Å². The summed E-state index contributed by atoms with van der Waals surface area (Å²) in [4.78, 5) is 14.9. The number of rotatable bonds is 7. The van der Waals surface area contributed by atoms with Crippen molar-refractivity contribution in [2.75, 3.05) is 24.6 Å². The monoisotopic (exact) mass is 426 g/mol. The summed E-state index contributed by atoms with van der Waals surface area (Å²) in [5.74, 6) is -0.953. The van der Waals surface area contributed by atoms with Gasteiger partial charge in [0.1, 0.15) is 11.6 Å². The molecule has 2 heterocycles. The van der Waals surface area contributed by atoms with Crippen LogP contribution in [-0.4, -0.2) is 42.9 Å². The van der Waals surface area contributed by atoms with Gasteiger partial charge >= 0.3 is 0 Å². The fourth-order valence-corrected chi connectivity index (χ4v) is 3.93. The minimum Gasteiger partial charge on any atom is -0.396 e. The molecule has 0 bridgehead atoms. The lowest BCUT2D eigenvalue weighted by Crippen LogP contribution is -2.35. The first-order valence-corrected chi connectivity index (χ1v) is 10.3. The molecule has 0 aliphatic carbocycles. The second kappa shape index (κ2) is 9.41. The number of hydrogen-bond acceptors (Lipinski definition) is 5. The fraction of sp³-hybridized carbons (Fsp3) is 0.292. The molecule has 162 valence electrons. The van der Waals surface area contributed by atoms with Crippen LogP contribution in [0.5, 0.6) is 0 Å². The summed E-state index contributed by atoms with van der Waals surface area (Å²) in [5, 5.41) is 12.4. The number of nitrogens with one attached hydrogen (secondary N) is 1. The largest absolute Gasteiger partial charge is 0.396 e. The van der Waals surface area contributed by atoms with Crippen LogP contribution in [0.4, 0.5) is 14.5 Å². The Balaban J connectivity index is 1.49. The van der Waals surface area contributed by atoms with Crippen LogP contribution < -0.4 is 10.2 Å². The molecule has 2 aromatic carbocycles. The summed E-state index contributed by atoms with van der Waals surface area (Å²) in [6.07, 6.45) is 4.83. The molecule has 2 aliphatic heterocycles. The lowest BCUT2D eigenvalue weighted by Gasteiger charge is -2.25. The summed E-state index contributed by atoms with van der Waals surface area (Å²) < 4.78 is 32.9. The number of anilines is 1. The first-order valence-electron chi connectivity index (χ1n) is 10.3. The van der Waals surface area contributed by atoms with E-state index in [-0.39, 0.29) is 24.3 Å². The third-order valence-electron chi connectivity index (χ3n) is 5.49. The van der Waals surface area contributed by atoms with E-state index in [0.29, 0.717) is 24.1 Å². The van der Waals surface area contributed by atoms with Gasteiger partial charge in [-0.25, -0.2) is 8.78 Å². The zero-order valence-corrected chi connectivity index (χ0v) is 16.9. The molecule has 1 saturated heterocycles. The third kappa shape index (κ3) is 4.84. The first kappa shape index (κ1) is 21.2. The summed E-state index contributed by atoms with van der Waals surface area (Å²) in [7, 11) is 0. The molecule has 0 aromatic heterocycles. The molecule has 0 spiro atoms. The maximum absolute atomic E-state index is 13.9. The average Bonchev–Trinajstić information content (AvgIpc) is 3.24. The van der Waals surface area contributed by atoms with E-state index in [1.165, 1.54) is 30.3 Å². The first-order chi connectivity index (χ1) is 15.0. The van der Waals surface area contributed by atoms with Gasteiger partial charge < -0.3 is 20.1 Å². The SMILES string of the molecule is O=C(c1ccc(F)cc1)c1ccc(N2CC[C@H](OC3NC=CC=C3F)C2)c(CCO)c1. The number of aliphatic hydroxyl groups is 1. The highest BCUT2D eigenvalue weighted by Gasteiger charge is 2.29. The Morgan fingerprint density at radius 2 is 1.94 bits per heavy atom. The number of aliphatic hydroxyl groups excluding tert-OH is 1. The zero-order valence-electron chi connectivity index (χ0n) is 16.9. The van der Waals surface area contributed by atoms with E-state index in [4.69, 9.17) is 4.74 Å². The number of carbonyl (C=O) groups is 1. The molecule has 2 atom stereocenters. The molecular weight excluding hydrogens is 402 g/mol. The van der Waals surface area contributed by atoms with Crippen molar-refractivity contribution in [1.82, 2.24) is 5.32 Å². The molecule has 2 aliphatic rings. The van der Waals surface area contributed by atoms with Crippen molar-refractivity contribution in [3.05, 3.63) is 89.2 Å². The fourth-order valence-electron chi connectivity index (χ4n) is 3.93. The Morgan fingerprint density at radius 3 is 2.68 bits per heavy atom. The van der Waals surface area contributed by atoms with Crippen LogP contribution in [0, 0.1) is 5.82 Å². The van der Waals surface area contributed by atoms with Crippen molar-refractivity contribution in [1.29, 1.82) is 0 Å². The van der Waals surface area contributed by atoms with Crippen molar-refractivity contribution < 1.29 is 23.4 Å². The van der Waals surface area contributed by atoms with Crippen molar-refractivity contribution in [3.8, 4) is 0 Å². The van der Waals surface area contributed by atoms with Gasteiger partial charge in [-0.3, -0.25) is 4.79 Å². The van der Waals surface area contributed by atoms with Gasteiger partial charge in [0, 0.05) is 36.5 Å². The van der Waals surface area contributed by atoms with E-state index in [1.54, 1.807) is 24.4 Å². The number of carbonyl (C=O) groups excluding carboxylic acids is 1. The lowest BCUT2D eigenvalue weighted by molar-refractivity contribution is -0.00300. The highest BCUT2D eigenvalue weighted by Crippen LogP contribution is 2.29. The minimum atomic E-state index is -0.775. The number of dihydropyridines is 1. The summed E-state index contributed by atoms with van der Waals surface area (Å²) in [5.41, 5.74) is 2.66. The van der Waals surface area contributed by atoms with Crippen molar-refractivity contribution in [2.45, 2.75) is 25.2 Å². The number of nitrogens with zero attached hydrogens (tertiary/aromatic N) is 1. The lowest BCUT2D eigenvalue weighted by atomic mass is 9.98. The minimum absolute atomic E-state index is 0.0523. The summed E-state index contributed by atoms with van der Waals surface area (Å²) >= 11 is 0. The third-order valence-corrected chi connectivity index (χ3v) is 5.49. The van der Waals surface area contributed by atoms with Crippen LogP contribution in [0.1, 0.15) is 27.9 Å². The maximum Gasteiger partial charge on any atom is 0.193 e. The number of hydrogen-bond donors (Lipinski definition) is 2. The smallest absolute Gasteiger partial charge is 0.193 e. The zero-order chi connectivity index (χ0) is 21.8. The molecular formula is C24H24F2N2O3. The Morgan fingerprint density at radius 1 is 1.16 bits per heavy atom. The van der Waals surface area contributed by atoms with Crippen LogP contribution in [0.15, 0.2) is 66.6 Å². The van der Waals surface area contributed by atoms with Crippen molar-refractivity contribution >= 4 is 11.5 Å². The number of ketones is 1. The van der Waals surface area contributed by atoms with Gasteiger partial charge in [-0.15, -0.1) is 0 Å². The van der Waals surface area contributed by atoms with E-state index in [0.717, 1.165) is 24.2 Å². The molecule has 0 saturated carbocycles. The summed E-state index contributed by atoms with van der Waals surface area (Å²) in [6.45, 7) is 1.25. The van der Waals surface area contributed by atoms with Gasteiger partial charge in [0.05, 0.1) is 6.10 Å². The van der Waals surface area contributed by atoms with E-state index in [9.17, 15) is 18.7 Å². The van der Waals surface area contributed by atoms with E-state index < -0.39 is 12.0 Å². The second-order valence-corrected chi connectivity index (χ2v) is 7.60. The number of ether oxygens (including phenoxy) is 1. The molecule has 5 nitrogen and oxygen atoms in total. The number of halogens is 2. The highest BCUT2D eigenvalue weighted by atomic mass is 19.1. The van der Waals surface area contributed by atoms with Crippen LogP contribution in [-0.2, 0) is 11.2 Å². The van der Waals surface area contributed by atoms with Crippen molar-refractivity contribution in [2.24, 2.45) is 0 Å². The van der Waals surface area contributed by atoms with E-state index >= 15 is 0 Å². The standard InChI is InChI=1S/C24H24F2N2O3/c25-19-6-3-16(4-7-19)23(30)18-5-8-22(17(14-18)10-13-29)28-12-9-20(15-28)31-24-21(26)2-1-11-27-24/h1-8,11,14,20,24,27,29H,9-10,12-13,15H2/t20-,24?/m0/s1. The molecule has 2 aromatic rings. The van der Waals surface area contributed by atoms with Crippen LogP contribution >= 0.6 is 0 Å². The van der Waals surface area contributed by atoms with Crippen LogP contribution in [0.3, 0.4) is 0 Å². The number of allylic oxidation sites excluding steroid dienone is 2.